The van der Waals surface area contributed by atoms with Gasteiger partial charge in [-0.25, -0.2) is 9.18 Å². The van der Waals surface area contributed by atoms with Crippen molar-refractivity contribution >= 4 is 6.03 Å². The van der Waals surface area contributed by atoms with E-state index in [0.717, 1.165) is 45.7 Å². The second kappa shape index (κ2) is 9.59. The summed E-state index contributed by atoms with van der Waals surface area (Å²) in [6.07, 6.45) is 1.67. The third-order valence-electron chi connectivity index (χ3n) is 4.37. The number of nitrogens with zero attached hydrogens (tertiary/aromatic N) is 3. The topological polar surface area (TPSA) is 38.8 Å². The molecule has 1 aromatic carbocycles. The number of halogens is 1. The van der Waals surface area contributed by atoms with Crippen LogP contribution in [0.25, 0.3) is 0 Å². The average molecular weight is 336 g/mol. The molecule has 134 valence electrons. The smallest absolute Gasteiger partial charge is 0.317 e. The molecule has 2 amide bonds. The van der Waals surface area contributed by atoms with Crippen LogP contribution in [0.1, 0.15) is 12.0 Å². The molecule has 0 aliphatic carbocycles. The van der Waals surface area contributed by atoms with E-state index < -0.39 is 0 Å². The Morgan fingerprint density at radius 3 is 2.58 bits per heavy atom. The van der Waals surface area contributed by atoms with Crippen LogP contribution in [0.15, 0.2) is 24.3 Å². The first kappa shape index (κ1) is 18.7. The number of carbonyl (C=O) groups excluding carboxylic acids is 1. The minimum Gasteiger partial charge on any atom is -0.338 e. The lowest BCUT2D eigenvalue weighted by atomic mass is 10.1. The van der Waals surface area contributed by atoms with E-state index >= 15 is 0 Å². The molecule has 0 saturated carbocycles. The quantitative estimate of drug-likeness (QED) is 0.823. The molecule has 1 saturated heterocycles. The van der Waals surface area contributed by atoms with Crippen molar-refractivity contribution < 1.29 is 9.18 Å². The van der Waals surface area contributed by atoms with Crippen LogP contribution in [0.3, 0.4) is 0 Å². The van der Waals surface area contributed by atoms with Gasteiger partial charge in [0.2, 0.25) is 0 Å². The molecule has 2 rings (SSSR count). The lowest BCUT2D eigenvalue weighted by Crippen LogP contribution is -2.52. The Morgan fingerprint density at radius 2 is 1.92 bits per heavy atom. The maximum Gasteiger partial charge on any atom is 0.317 e. The van der Waals surface area contributed by atoms with E-state index in [1.165, 1.54) is 6.07 Å². The minimum atomic E-state index is -0.210. The lowest BCUT2D eigenvalue weighted by Gasteiger charge is -2.34. The molecule has 1 aliphatic heterocycles. The first-order valence-electron chi connectivity index (χ1n) is 8.69. The summed E-state index contributed by atoms with van der Waals surface area (Å²) < 4.78 is 13.5. The predicted molar refractivity (Wildman–Crippen MR) is 94.7 cm³/mol. The highest BCUT2D eigenvalue weighted by atomic mass is 19.1. The third kappa shape index (κ3) is 6.09. The molecule has 0 bridgehead atoms. The summed E-state index contributed by atoms with van der Waals surface area (Å²) >= 11 is 0. The Balaban J connectivity index is 1.63. The molecule has 6 heteroatoms. The van der Waals surface area contributed by atoms with Crippen LogP contribution >= 0.6 is 0 Å². The van der Waals surface area contributed by atoms with Crippen LogP contribution in [0.4, 0.5) is 9.18 Å². The van der Waals surface area contributed by atoms with Gasteiger partial charge in [0.15, 0.2) is 0 Å². The Labute approximate surface area is 144 Å². The normalized spacial score (nSPS) is 15.8. The maximum atomic E-state index is 13.5. The fraction of sp³-hybridized carbons (Fsp3) is 0.611. The minimum absolute atomic E-state index is 0.0423. The van der Waals surface area contributed by atoms with Gasteiger partial charge in [0.25, 0.3) is 0 Å². The number of nitrogens with one attached hydrogen (secondary N) is 1. The van der Waals surface area contributed by atoms with Crippen molar-refractivity contribution in [2.45, 2.75) is 12.8 Å². The Morgan fingerprint density at radius 1 is 1.21 bits per heavy atom. The number of benzene rings is 1. The summed E-state index contributed by atoms with van der Waals surface area (Å²) in [6, 6.07) is 6.66. The van der Waals surface area contributed by atoms with Crippen LogP contribution in [0.2, 0.25) is 0 Å². The van der Waals surface area contributed by atoms with E-state index in [1.54, 1.807) is 12.1 Å². The van der Waals surface area contributed by atoms with Gasteiger partial charge in [0, 0.05) is 32.7 Å². The lowest BCUT2D eigenvalue weighted by molar-refractivity contribution is 0.136. The molecule has 0 spiro atoms. The maximum absolute atomic E-state index is 13.5. The van der Waals surface area contributed by atoms with E-state index in [0.29, 0.717) is 18.5 Å². The number of hydrogen-bond acceptors (Lipinski definition) is 3. The van der Waals surface area contributed by atoms with Gasteiger partial charge in [-0.2, -0.15) is 0 Å². The van der Waals surface area contributed by atoms with Gasteiger partial charge < -0.3 is 15.1 Å². The van der Waals surface area contributed by atoms with Gasteiger partial charge in [-0.1, -0.05) is 18.2 Å². The van der Waals surface area contributed by atoms with Crippen molar-refractivity contribution in [1.29, 1.82) is 0 Å². The highest BCUT2D eigenvalue weighted by molar-refractivity contribution is 5.74. The van der Waals surface area contributed by atoms with E-state index in [2.05, 4.69) is 29.2 Å². The van der Waals surface area contributed by atoms with E-state index in [-0.39, 0.29) is 11.8 Å². The van der Waals surface area contributed by atoms with Crippen LogP contribution < -0.4 is 5.32 Å². The van der Waals surface area contributed by atoms with Gasteiger partial charge in [-0.15, -0.1) is 0 Å². The Bertz CT molecular complexity index is 515. The molecular formula is C18H29FN4O. The van der Waals surface area contributed by atoms with Crippen LogP contribution in [0.5, 0.6) is 0 Å². The fourth-order valence-electron chi connectivity index (χ4n) is 2.90. The number of amides is 2. The van der Waals surface area contributed by atoms with Crippen molar-refractivity contribution in [3.05, 3.63) is 35.6 Å². The molecule has 5 nitrogen and oxygen atoms in total. The first-order chi connectivity index (χ1) is 11.6. The van der Waals surface area contributed by atoms with E-state index in [9.17, 15) is 9.18 Å². The van der Waals surface area contributed by atoms with Crippen molar-refractivity contribution in [2.24, 2.45) is 0 Å². The third-order valence-corrected chi connectivity index (χ3v) is 4.37. The predicted octanol–water partition coefficient (Wildman–Crippen LogP) is 1.65. The van der Waals surface area contributed by atoms with Crippen LogP contribution in [-0.4, -0.2) is 80.6 Å². The largest absolute Gasteiger partial charge is 0.338 e. The monoisotopic (exact) mass is 336 g/mol. The molecule has 1 fully saturated rings. The number of urea groups is 1. The van der Waals surface area contributed by atoms with Gasteiger partial charge in [0.05, 0.1) is 0 Å². The van der Waals surface area contributed by atoms with E-state index in [4.69, 9.17) is 0 Å². The fourth-order valence-corrected chi connectivity index (χ4v) is 2.90. The summed E-state index contributed by atoms with van der Waals surface area (Å²) in [6.45, 7) is 6.00. The molecule has 0 radical (unpaired) electrons. The first-order valence-corrected chi connectivity index (χ1v) is 8.69. The van der Waals surface area contributed by atoms with Gasteiger partial charge in [-0.05, 0) is 51.7 Å². The highest BCUT2D eigenvalue weighted by Crippen LogP contribution is 2.07. The number of hydrogen-bond donors (Lipinski definition) is 1. The molecule has 0 unspecified atom stereocenters. The molecule has 1 aliphatic rings. The molecule has 1 aromatic rings. The summed E-state index contributed by atoms with van der Waals surface area (Å²) in [5.41, 5.74) is 0.642. The summed E-state index contributed by atoms with van der Waals surface area (Å²) in [4.78, 5) is 18.6. The van der Waals surface area contributed by atoms with Gasteiger partial charge in [0.1, 0.15) is 5.82 Å². The molecule has 0 aromatic heterocycles. The Kier molecular flexibility index (Phi) is 7.46. The van der Waals surface area contributed by atoms with Crippen LogP contribution in [0, 0.1) is 5.82 Å². The van der Waals surface area contributed by atoms with Crippen molar-refractivity contribution in [2.75, 3.05) is 59.9 Å². The number of rotatable bonds is 7. The summed E-state index contributed by atoms with van der Waals surface area (Å²) in [5, 5.41) is 2.90. The van der Waals surface area contributed by atoms with Crippen molar-refractivity contribution in [3.63, 3.8) is 0 Å². The molecule has 0 atom stereocenters. The number of carbonyl (C=O) groups is 1. The van der Waals surface area contributed by atoms with Gasteiger partial charge >= 0.3 is 6.03 Å². The number of piperazine rings is 1. The van der Waals surface area contributed by atoms with Crippen molar-refractivity contribution in [1.82, 2.24) is 20.0 Å². The standard InChI is InChI=1S/C18H29FN4O/c1-21(2)10-5-11-22-12-14-23(15-13-22)18(24)20-9-8-16-6-3-4-7-17(16)19/h3-4,6-7H,5,8-15H2,1-2H3,(H,20,24). The zero-order valence-electron chi connectivity index (χ0n) is 14.8. The summed E-state index contributed by atoms with van der Waals surface area (Å²) in [7, 11) is 4.17. The molecule has 1 heterocycles. The SMILES string of the molecule is CN(C)CCCN1CCN(C(=O)NCCc2ccccc2F)CC1. The Hall–Kier alpha value is -1.66. The second-order valence-corrected chi connectivity index (χ2v) is 6.56. The zero-order valence-corrected chi connectivity index (χ0v) is 14.8. The van der Waals surface area contributed by atoms with Crippen LogP contribution in [-0.2, 0) is 6.42 Å². The highest BCUT2D eigenvalue weighted by Gasteiger charge is 2.20. The zero-order chi connectivity index (χ0) is 17.4. The van der Waals surface area contributed by atoms with E-state index in [1.807, 2.05) is 11.0 Å². The second-order valence-electron chi connectivity index (χ2n) is 6.56. The molecule has 24 heavy (non-hydrogen) atoms. The van der Waals surface area contributed by atoms with Crippen molar-refractivity contribution in [3.8, 4) is 0 Å². The van der Waals surface area contributed by atoms with Gasteiger partial charge in [-0.3, -0.25) is 4.90 Å². The average Bonchev–Trinajstić information content (AvgIpc) is 2.57. The summed E-state index contributed by atoms with van der Waals surface area (Å²) in [5.74, 6) is -0.210. The molecular weight excluding hydrogens is 307 g/mol. The molecule has 1 N–H and O–H groups in total.